The number of amides is 2. The zero-order valence-electron chi connectivity index (χ0n) is 15.3. The van der Waals surface area contributed by atoms with Crippen LogP contribution in [-0.4, -0.2) is 40.8 Å². The van der Waals surface area contributed by atoms with Crippen LogP contribution in [0.4, 0.5) is 9.18 Å². The maximum Gasteiger partial charge on any atom is 0.319 e. The lowest BCUT2D eigenvalue weighted by atomic mass is 9.73. The average molecular weight is 367 g/mol. The van der Waals surface area contributed by atoms with E-state index in [2.05, 4.69) is 11.4 Å². The molecule has 0 aliphatic carbocycles. The highest BCUT2D eigenvalue weighted by molar-refractivity contribution is 5.78. The Morgan fingerprint density at radius 1 is 1.26 bits per heavy atom. The van der Waals surface area contributed by atoms with Gasteiger partial charge in [0.1, 0.15) is 11.9 Å². The first-order chi connectivity index (χ1) is 13.0. The molecule has 0 unspecified atom stereocenters. The van der Waals surface area contributed by atoms with Gasteiger partial charge in [0.2, 0.25) is 0 Å². The fourth-order valence-electron chi connectivity index (χ4n) is 3.66. The summed E-state index contributed by atoms with van der Waals surface area (Å²) in [6, 6.07) is 14.3. The van der Waals surface area contributed by atoms with Crippen molar-refractivity contribution in [3.8, 4) is 17.2 Å². The van der Waals surface area contributed by atoms with E-state index >= 15 is 0 Å². The third-order valence-corrected chi connectivity index (χ3v) is 4.85. The van der Waals surface area contributed by atoms with Gasteiger partial charge in [-0.1, -0.05) is 36.4 Å². The molecule has 1 saturated heterocycles. The maximum absolute atomic E-state index is 13.3. The summed E-state index contributed by atoms with van der Waals surface area (Å²) in [4.78, 5) is 13.9. The molecule has 1 fully saturated rings. The Morgan fingerprint density at radius 3 is 2.52 bits per heavy atom. The first-order valence-corrected chi connectivity index (χ1v) is 8.92. The molecule has 3 rings (SSSR count). The fourth-order valence-corrected chi connectivity index (χ4v) is 3.66. The van der Waals surface area contributed by atoms with E-state index < -0.39 is 12.1 Å². The summed E-state index contributed by atoms with van der Waals surface area (Å²) in [7, 11) is 0. The van der Waals surface area contributed by atoms with Gasteiger partial charge in [-0.15, -0.1) is 0 Å². The molecule has 0 saturated carbocycles. The van der Waals surface area contributed by atoms with Gasteiger partial charge in [0.15, 0.2) is 0 Å². The van der Waals surface area contributed by atoms with Crippen LogP contribution in [0.5, 0.6) is 0 Å². The number of rotatable bonds is 4. The molecule has 0 radical (unpaired) electrons. The summed E-state index contributed by atoms with van der Waals surface area (Å²) >= 11 is 0. The van der Waals surface area contributed by atoms with Gasteiger partial charge in [0.25, 0.3) is 0 Å². The molecule has 2 aromatic rings. The predicted octanol–water partition coefficient (Wildman–Crippen LogP) is 3.26. The van der Waals surface area contributed by atoms with Crippen molar-refractivity contribution in [2.75, 3.05) is 6.61 Å². The minimum absolute atomic E-state index is 0.0678. The van der Waals surface area contributed by atoms with Crippen LogP contribution in [0.25, 0.3) is 11.1 Å². The lowest BCUT2D eigenvalue weighted by Gasteiger charge is -2.52. The monoisotopic (exact) mass is 367 g/mol. The Kier molecular flexibility index (Phi) is 5.43. The van der Waals surface area contributed by atoms with E-state index in [0.29, 0.717) is 0 Å². The summed E-state index contributed by atoms with van der Waals surface area (Å²) in [6.07, 6.45) is 0. The molecule has 0 aromatic heterocycles. The molecule has 2 N–H and O–H groups in total. The van der Waals surface area contributed by atoms with Crippen LogP contribution in [0.15, 0.2) is 48.5 Å². The van der Waals surface area contributed by atoms with E-state index in [4.69, 9.17) is 0 Å². The number of likely N-dealkylation sites (tertiary alicyclic amines) is 1. The van der Waals surface area contributed by atoms with Crippen molar-refractivity contribution < 1.29 is 14.3 Å². The number of carbonyl (C=O) groups excluding carboxylic acids is 1. The molecule has 1 aliphatic rings. The molecule has 6 heteroatoms. The van der Waals surface area contributed by atoms with Gasteiger partial charge in [-0.25, -0.2) is 9.18 Å². The molecule has 2 amide bonds. The highest BCUT2D eigenvalue weighted by atomic mass is 19.1. The van der Waals surface area contributed by atoms with Crippen molar-refractivity contribution in [3.63, 3.8) is 0 Å². The number of carbonyl (C=O) groups is 1. The van der Waals surface area contributed by atoms with Crippen molar-refractivity contribution in [2.24, 2.45) is 0 Å². The minimum atomic E-state index is -0.678. The lowest BCUT2D eigenvalue weighted by Crippen LogP contribution is -2.67. The second kappa shape index (κ2) is 7.77. The number of urea groups is 1. The highest BCUT2D eigenvalue weighted by Gasteiger charge is 2.52. The van der Waals surface area contributed by atoms with Crippen molar-refractivity contribution in [2.45, 2.75) is 37.9 Å². The van der Waals surface area contributed by atoms with Crippen LogP contribution in [0, 0.1) is 17.1 Å². The largest absolute Gasteiger partial charge is 0.394 e. The smallest absolute Gasteiger partial charge is 0.319 e. The Hall–Kier alpha value is -2.91. The SMILES string of the molecule is CC(C)NC(=O)N1[C@H](CO)[C@H](c2ccccc2-c2ccc(F)cc2)[C@@H]1C#N. The van der Waals surface area contributed by atoms with Crippen LogP contribution < -0.4 is 5.32 Å². The number of nitrogens with one attached hydrogen (secondary N) is 1. The Morgan fingerprint density at radius 2 is 1.93 bits per heavy atom. The molecule has 5 nitrogen and oxygen atoms in total. The van der Waals surface area contributed by atoms with E-state index in [1.54, 1.807) is 12.1 Å². The van der Waals surface area contributed by atoms with E-state index in [-0.39, 0.29) is 30.4 Å². The van der Waals surface area contributed by atoms with E-state index in [1.165, 1.54) is 17.0 Å². The minimum Gasteiger partial charge on any atom is -0.394 e. The first kappa shape index (κ1) is 18.9. The van der Waals surface area contributed by atoms with Crippen LogP contribution >= 0.6 is 0 Å². The Bertz CT molecular complexity index is 860. The average Bonchev–Trinajstić information content (AvgIpc) is 2.62. The van der Waals surface area contributed by atoms with E-state index in [0.717, 1.165) is 16.7 Å². The number of aliphatic hydroxyl groups is 1. The van der Waals surface area contributed by atoms with Crippen LogP contribution in [0.3, 0.4) is 0 Å². The molecule has 2 aromatic carbocycles. The summed E-state index contributed by atoms with van der Waals surface area (Å²) in [5.41, 5.74) is 2.55. The molecule has 1 aliphatic heterocycles. The fraction of sp³-hybridized carbons (Fsp3) is 0.333. The quantitative estimate of drug-likeness (QED) is 0.871. The number of hydrogen-bond donors (Lipinski definition) is 2. The Balaban J connectivity index is 1.98. The standard InChI is InChI=1S/C21H22FN3O2/c1-13(2)24-21(27)25-18(11-23)20(19(25)12-26)17-6-4-3-5-16(17)14-7-9-15(22)10-8-14/h3-10,13,18-20,26H,12H2,1-2H3,(H,24,27)/t18-,19+,20+/m0/s1. The van der Waals surface area contributed by atoms with Gasteiger partial charge in [-0.2, -0.15) is 5.26 Å². The third-order valence-electron chi connectivity index (χ3n) is 4.85. The molecule has 140 valence electrons. The van der Waals surface area contributed by atoms with E-state index in [1.807, 2.05) is 38.1 Å². The second-order valence-electron chi connectivity index (χ2n) is 6.96. The molecule has 0 bridgehead atoms. The van der Waals surface area contributed by atoms with Gasteiger partial charge in [-0.3, -0.25) is 0 Å². The van der Waals surface area contributed by atoms with Gasteiger partial charge >= 0.3 is 6.03 Å². The van der Waals surface area contributed by atoms with Crippen molar-refractivity contribution >= 4 is 6.03 Å². The van der Waals surface area contributed by atoms with Crippen LogP contribution in [0.1, 0.15) is 25.3 Å². The van der Waals surface area contributed by atoms with Gasteiger partial charge in [-0.05, 0) is 42.7 Å². The Labute approximate surface area is 158 Å². The normalized spacial score (nSPS) is 21.5. The number of halogens is 1. The molecular weight excluding hydrogens is 345 g/mol. The number of aliphatic hydroxyl groups excluding tert-OH is 1. The number of nitrogens with zero attached hydrogens (tertiary/aromatic N) is 2. The maximum atomic E-state index is 13.3. The molecule has 27 heavy (non-hydrogen) atoms. The molecule has 0 spiro atoms. The van der Waals surface area contributed by atoms with Crippen LogP contribution in [0.2, 0.25) is 0 Å². The third kappa shape index (κ3) is 3.51. The zero-order chi connectivity index (χ0) is 19.6. The number of hydrogen-bond acceptors (Lipinski definition) is 3. The van der Waals surface area contributed by atoms with Crippen LogP contribution in [-0.2, 0) is 0 Å². The lowest BCUT2D eigenvalue weighted by molar-refractivity contribution is 0.0164. The highest BCUT2D eigenvalue weighted by Crippen LogP contribution is 2.44. The number of nitriles is 1. The second-order valence-corrected chi connectivity index (χ2v) is 6.96. The van der Waals surface area contributed by atoms with Gasteiger partial charge in [0, 0.05) is 12.0 Å². The topological polar surface area (TPSA) is 76.4 Å². The predicted molar refractivity (Wildman–Crippen MR) is 100 cm³/mol. The summed E-state index contributed by atoms with van der Waals surface area (Å²) in [6.45, 7) is 3.44. The zero-order valence-corrected chi connectivity index (χ0v) is 15.3. The van der Waals surface area contributed by atoms with E-state index in [9.17, 15) is 19.6 Å². The van der Waals surface area contributed by atoms with Crippen molar-refractivity contribution in [3.05, 3.63) is 59.9 Å². The van der Waals surface area contributed by atoms with Gasteiger partial charge in [0.05, 0.1) is 18.7 Å². The van der Waals surface area contributed by atoms with Crippen molar-refractivity contribution in [1.29, 1.82) is 5.26 Å². The van der Waals surface area contributed by atoms with Gasteiger partial charge < -0.3 is 15.3 Å². The summed E-state index contributed by atoms with van der Waals surface area (Å²) < 4.78 is 13.3. The summed E-state index contributed by atoms with van der Waals surface area (Å²) in [5, 5.41) is 22.4. The number of benzene rings is 2. The first-order valence-electron chi connectivity index (χ1n) is 8.92. The molecular formula is C21H22FN3O2. The van der Waals surface area contributed by atoms with Crippen molar-refractivity contribution in [1.82, 2.24) is 10.2 Å². The summed E-state index contributed by atoms with van der Waals surface area (Å²) in [5.74, 6) is -0.640. The molecule has 3 atom stereocenters. The molecule has 1 heterocycles.